The Labute approximate surface area is 408 Å². The first-order valence-corrected chi connectivity index (χ1v) is 24.4. The van der Waals surface area contributed by atoms with Crippen molar-refractivity contribution < 1.29 is 33.8 Å². The zero-order valence-corrected chi connectivity index (χ0v) is 42.0. The first kappa shape index (κ1) is 51.8. The van der Waals surface area contributed by atoms with Crippen molar-refractivity contribution in [1.29, 1.82) is 5.26 Å². The van der Waals surface area contributed by atoms with Crippen LogP contribution in [-0.2, 0) is 19.1 Å². The Kier molecular flexibility index (Phi) is 16.6. The smallest absolute Gasteiger partial charge is 0.270 e. The Morgan fingerprint density at radius 2 is 1.72 bits per heavy atom. The van der Waals surface area contributed by atoms with Gasteiger partial charge in [-0.15, -0.1) is 11.3 Å². The van der Waals surface area contributed by atoms with E-state index in [2.05, 4.69) is 37.3 Å². The number of hydrogen-bond acceptors (Lipinski definition) is 12. The number of hydrogen-bond donors (Lipinski definition) is 5. The van der Waals surface area contributed by atoms with E-state index in [4.69, 9.17) is 21.1 Å². The number of carbonyl (C=O) groups is 4. The molecule has 1 unspecified atom stereocenters. The lowest BCUT2D eigenvalue weighted by atomic mass is 9.49. The van der Waals surface area contributed by atoms with Crippen LogP contribution in [0.5, 0.6) is 5.75 Å². The van der Waals surface area contributed by atoms with E-state index in [0.717, 1.165) is 40.2 Å². The number of β-amino-alcohol motifs (C(OH)–C–C–N with tert-alkyl or cyclic N) is 1. The predicted octanol–water partition coefficient (Wildman–Crippen LogP) is 7.62. The highest BCUT2D eigenvalue weighted by molar-refractivity contribution is 7.13. The lowest BCUT2D eigenvalue weighted by Crippen LogP contribution is -2.74. The van der Waals surface area contributed by atoms with Gasteiger partial charge in [-0.05, 0) is 73.9 Å². The molecule has 2 fully saturated rings. The Balaban J connectivity index is 0.887. The maximum atomic E-state index is 14.1. The summed E-state index contributed by atoms with van der Waals surface area (Å²) in [5, 5.41) is 32.5. The molecule has 1 saturated heterocycles. The predicted molar refractivity (Wildman–Crippen MR) is 263 cm³/mol. The number of aryl methyl sites for hydroxylation is 1. The number of pyridine rings is 1. The van der Waals surface area contributed by atoms with Crippen molar-refractivity contribution in [2.45, 2.75) is 124 Å². The van der Waals surface area contributed by atoms with Gasteiger partial charge in [0.25, 0.3) is 5.91 Å². The fourth-order valence-corrected chi connectivity index (χ4v) is 10.6. The summed E-state index contributed by atoms with van der Waals surface area (Å²) in [6.07, 6.45) is 3.00. The molecule has 15 nitrogen and oxygen atoms in total. The number of benzene rings is 2. The molecule has 3 heterocycles. The number of rotatable bonds is 19. The number of anilines is 1. The summed E-state index contributed by atoms with van der Waals surface area (Å²) in [6, 6.07) is 16.1. The molecule has 2 aromatic carbocycles. The molecule has 17 heteroatoms. The molecule has 4 amide bonds. The van der Waals surface area contributed by atoms with E-state index in [0.29, 0.717) is 41.6 Å². The van der Waals surface area contributed by atoms with Gasteiger partial charge in [0.15, 0.2) is 0 Å². The van der Waals surface area contributed by atoms with Gasteiger partial charge >= 0.3 is 0 Å². The lowest BCUT2D eigenvalue weighted by molar-refractivity contribution is -0.164. The molecular weight excluding hydrogens is 904 g/mol. The van der Waals surface area contributed by atoms with E-state index in [1.165, 1.54) is 4.90 Å². The highest BCUT2D eigenvalue weighted by Gasteiger charge is 2.64. The van der Waals surface area contributed by atoms with E-state index in [9.17, 15) is 29.5 Å². The van der Waals surface area contributed by atoms with Crippen molar-refractivity contribution in [3.63, 3.8) is 0 Å². The number of unbranched alkanes of at least 4 members (excludes halogenated alkanes) is 2. The second kappa shape index (κ2) is 21.8. The number of thiazole rings is 1. The molecule has 0 radical (unpaired) electrons. The summed E-state index contributed by atoms with van der Waals surface area (Å²) in [5.41, 5.74) is 4.68. The summed E-state index contributed by atoms with van der Waals surface area (Å²) in [6.45, 7) is 18.3. The average Bonchev–Trinajstić information content (AvgIpc) is 3.91. The zero-order chi connectivity index (χ0) is 49.6. The Morgan fingerprint density at radius 3 is 2.34 bits per heavy atom. The monoisotopic (exact) mass is 968 g/mol. The van der Waals surface area contributed by atoms with Crippen LogP contribution < -0.4 is 26.0 Å². The second-order valence-corrected chi connectivity index (χ2v) is 21.4. The summed E-state index contributed by atoms with van der Waals surface area (Å²) in [4.78, 5) is 65.3. The SMILES string of the molecule is Cc1ncsc1-c1ccc([C@H](C)NC(=O)[C@@H]2C[C@@H](O)CN2C(=O)C(NC(=O)COCCCCCNc2ccc(C(=O)N[C@H]3C(C)(C)[C@H](Oc4ccc(C#N)c(Cl)c4)C3(C)C)nc2)C(C)(C)C)cc1. The first-order chi connectivity index (χ1) is 32.1. The van der Waals surface area contributed by atoms with E-state index >= 15 is 0 Å². The van der Waals surface area contributed by atoms with Gasteiger partial charge < -0.3 is 40.7 Å². The molecule has 2 aromatic heterocycles. The molecule has 6 rings (SSSR count). The van der Waals surface area contributed by atoms with Crippen molar-refractivity contribution in [2.24, 2.45) is 16.2 Å². The molecule has 2 aliphatic rings. The Morgan fingerprint density at radius 1 is 1.00 bits per heavy atom. The minimum atomic E-state index is -0.957. The Hall–Kier alpha value is -5.60. The van der Waals surface area contributed by atoms with Gasteiger partial charge in [0, 0.05) is 49.1 Å². The lowest BCUT2D eigenvalue weighted by Gasteiger charge is -2.63. The normalized spacial score (nSPS) is 20.3. The van der Waals surface area contributed by atoms with Crippen LogP contribution in [0.2, 0.25) is 5.02 Å². The largest absolute Gasteiger partial charge is 0.489 e. The third kappa shape index (κ3) is 12.2. The molecule has 5 N–H and O–H groups in total. The number of carbonyl (C=O) groups excluding carboxylic acids is 4. The summed E-state index contributed by atoms with van der Waals surface area (Å²) < 4.78 is 12.0. The van der Waals surface area contributed by atoms with Crippen molar-refractivity contribution in [1.82, 2.24) is 30.8 Å². The van der Waals surface area contributed by atoms with E-state index in [1.807, 2.05) is 98.2 Å². The van der Waals surface area contributed by atoms with Gasteiger partial charge in [-0.1, -0.05) is 84.3 Å². The molecule has 1 aliphatic carbocycles. The maximum absolute atomic E-state index is 14.1. The number of aromatic nitrogens is 2. The van der Waals surface area contributed by atoms with Crippen LogP contribution in [0.1, 0.15) is 114 Å². The van der Waals surface area contributed by atoms with Gasteiger partial charge in [0.1, 0.15) is 42.3 Å². The summed E-state index contributed by atoms with van der Waals surface area (Å²) >= 11 is 7.81. The van der Waals surface area contributed by atoms with Gasteiger partial charge in [-0.3, -0.25) is 19.2 Å². The number of nitrogens with one attached hydrogen (secondary N) is 4. The molecule has 0 spiro atoms. The molecule has 1 saturated carbocycles. The van der Waals surface area contributed by atoms with E-state index in [1.54, 1.807) is 41.8 Å². The van der Waals surface area contributed by atoms with Gasteiger partial charge in [0.05, 0.1) is 50.7 Å². The molecule has 0 bridgehead atoms. The number of nitrogens with zero attached hydrogens (tertiary/aromatic N) is 4. The van der Waals surface area contributed by atoms with Crippen molar-refractivity contribution in [2.75, 3.05) is 31.6 Å². The fourth-order valence-electron chi connectivity index (χ4n) is 9.56. The summed E-state index contributed by atoms with van der Waals surface area (Å²) in [5.74, 6) is -0.958. The molecule has 4 atom stereocenters. The minimum Gasteiger partial charge on any atom is -0.489 e. The maximum Gasteiger partial charge on any atom is 0.270 e. The molecule has 1 aliphatic heterocycles. The van der Waals surface area contributed by atoms with Crippen molar-refractivity contribution >= 4 is 52.3 Å². The second-order valence-electron chi connectivity index (χ2n) is 20.2. The Bertz CT molecular complexity index is 2450. The van der Waals surface area contributed by atoms with Crippen molar-refractivity contribution in [3.05, 3.63) is 93.8 Å². The van der Waals surface area contributed by atoms with Crippen LogP contribution in [0.15, 0.2) is 66.3 Å². The first-order valence-electron chi connectivity index (χ1n) is 23.1. The van der Waals surface area contributed by atoms with Gasteiger partial charge in [0.2, 0.25) is 17.7 Å². The number of ether oxygens (including phenoxy) is 2. The number of amides is 4. The van der Waals surface area contributed by atoms with Crippen LogP contribution in [0.4, 0.5) is 5.69 Å². The highest BCUT2D eigenvalue weighted by atomic mass is 35.5. The van der Waals surface area contributed by atoms with Crippen LogP contribution in [0.25, 0.3) is 10.4 Å². The van der Waals surface area contributed by atoms with E-state index < -0.39 is 46.2 Å². The molecule has 4 aromatic rings. The minimum absolute atomic E-state index is 0.0169. The number of likely N-dealkylation sites (tertiary alicyclic amines) is 1. The van der Waals surface area contributed by atoms with Gasteiger partial charge in [-0.25, -0.2) is 9.97 Å². The van der Waals surface area contributed by atoms with Gasteiger partial charge in [-0.2, -0.15) is 5.26 Å². The van der Waals surface area contributed by atoms with Crippen LogP contribution in [-0.4, -0.2) is 100 Å². The standard InChI is InChI=1S/C51H65ClN8O7S/c1-30(32-13-15-33(16-14-32)42-31(2)56-29-68-42)57-45(64)40-23-36(61)27-60(40)46(65)43(49(3,4)5)58-41(62)28-66-22-12-10-11-21-54-35-18-20-39(55-26-35)44(63)59-47-50(6,7)48(51(47,8)9)67-37-19-17-34(25-53)38(52)24-37/h13-20,24,26,29-30,36,40,43,47-48,54,61H,10-12,21-23,27-28H2,1-9H3,(H,57,64)(H,58,62)(H,59,63)/t30-,36+,40-,43?,47-,48-/m0/s1. The number of aliphatic hydroxyl groups is 1. The third-order valence-corrected chi connectivity index (χ3v) is 14.3. The number of halogens is 1. The number of nitriles is 1. The topological polar surface area (TPSA) is 208 Å². The van der Waals surface area contributed by atoms with Crippen molar-refractivity contribution in [3.8, 4) is 22.3 Å². The molecule has 364 valence electrons. The number of aliphatic hydroxyl groups excluding tert-OH is 1. The van der Waals surface area contributed by atoms with Crippen LogP contribution in [0.3, 0.4) is 0 Å². The fraction of sp³-hybridized carbons (Fsp3) is 0.510. The quantitative estimate of drug-likeness (QED) is 0.0578. The zero-order valence-electron chi connectivity index (χ0n) is 40.4. The molecule has 68 heavy (non-hydrogen) atoms. The average molecular weight is 970 g/mol. The third-order valence-electron chi connectivity index (χ3n) is 13.0. The van der Waals surface area contributed by atoms with E-state index in [-0.39, 0.29) is 49.6 Å². The summed E-state index contributed by atoms with van der Waals surface area (Å²) in [7, 11) is 0. The molecular formula is C51H65ClN8O7S. The highest BCUT2D eigenvalue weighted by Crippen LogP contribution is 2.55. The van der Waals surface area contributed by atoms with Crippen LogP contribution in [0, 0.1) is 34.5 Å². The van der Waals surface area contributed by atoms with Crippen LogP contribution >= 0.6 is 22.9 Å².